The number of nitrogens with zero attached hydrogens (tertiary/aromatic N) is 1. The van der Waals surface area contributed by atoms with Gasteiger partial charge in [0.25, 0.3) is 0 Å². The second kappa shape index (κ2) is 6.82. The molecule has 0 bridgehead atoms. The van der Waals surface area contributed by atoms with Crippen molar-refractivity contribution in [1.29, 1.82) is 0 Å². The minimum absolute atomic E-state index is 0.177. The zero-order chi connectivity index (χ0) is 13.7. The Morgan fingerprint density at radius 3 is 2.68 bits per heavy atom. The molecule has 0 fully saturated rings. The first kappa shape index (κ1) is 14.2. The van der Waals surface area contributed by atoms with E-state index >= 15 is 0 Å². The van der Waals surface area contributed by atoms with Crippen molar-refractivity contribution < 1.29 is 4.43 Å². The van der Waals surface area contributed by atoms with E-state index in [1.807, 2.05) is 6.07 Å². The number of rotatable bonds is 6. The number of pyridine rings is 1. The van der Waals surface area contributed by atoms with E-state index in [4.69, 9.17) is 9.41 Å². The first-order valence-corrected chi connectivity index (χ1v) is 10.00. The van der Waals surface area contributed by atoms with E-state index in [9.17, 15) is 0 Å². The van der Waals surface area contributed by atoms with Gasteiger partial charge in [0.15, 0.2) is 9.04 Å². The van der Waals surface area contributed by atoms with Crippen molar-refractivity contribution in [2.24, 2.45) is 0 Å². The second-order valence-corrected chi connectivity index (χ2v) is 7.61. The zero-order valence-corrected chi connectivity index (χ0v) is 13.3. The smallest absolute Gasteiger partial charge is 0.171 e. The number of hydrogen-bond donors (Lipinski definition) is 0. The van der Waals surface area contributed by atoms with Crippen LogP contribution in [-0.4, -0.2) is 14.0 Å². The molecule has 2 nitrogen and oxygen atoms in total. The number of para-hydroxylation sites is 1. The molecule has 0 saturated carbocycles. The lowest BCUT2D eigenvalue weighted by Crippen LogP contribution is -2.15. The summed E-state index contributed by atoms with van der Waals surface area (Å²) in [7, 11) is -1.04. The Labute approximate surface area is 117 Å². The Bertz CT molecular complexity index is 527. The maximum atomic E-state index is 6.16. The molecule has 0 radical (unpaired) electrons. The number of unbranched alkanes of at least 4 members (excludes halogenated alkanes) is 1. The molecule has 1 aromatic carbocycles. The van der Waals surface area contributed by atoms with Crippen LogP contribution in [0.4, 0.5) is 0 Å². The van der Waals surface area contributed by atoms with Crippen molar-refractivity contribution >= 4 is 19.9 Å². The average molecular weight is 273 g/mol. The van der Waals surface area contributed by atoms with Crippen LogP contribution >= 0.6 is 0 Å². The van der Waals surface area contributed by atoms with Crippen molar-refractivity contribution in [3.63, 3.8) is 0 Å². The van der Waals surface area contributed by atoms with Crippen LogP contribution in [0.5, 0.6) is 0 Å². The normalized spacial score (nSPS) is 13.1. The van der Waals surface area contributed by atoms with E-state index in [1.54, 1.807) is 0 Å². The molecule has 0 spiro atoms. The summed E-state index contributed by atoms with van der Waals surface area (Å²) in [6, 6.07) is 12.5. The summed E-state index contributed by atoms with van der Waals surface area (Å²) in [4.78, 5) is 4.78. The Kier molecular flexibility index (Phi) is 5.11. The summed E-state index contributed by atoms with van der Waals surface area (Å²) < 4.78 is 6.16. The van der Waals surface area contributed by atoms with Gasteiger partial charge in [-0.25, -0.2) is 0 Å². The van der Waals surface area contributed by atoms with E-state index in [2.05, 4.69) is 50.3 Å². The quantitative estimate of drug-likeness (QED) is 0.725. The Balaban J connectivity index is 2.26. The summed E-state index contributed by atoms with van der Waals surface area (Å²) >= 11 is 0. The van der Waals surface area contributed by atoms with Gasteiger partial charge in [0, 0.05) is 5.39 Å². The highest BCUT2D eigenvalue weighted by Crippen LogP contribution is 2.25. The molecule has 0 amide bonds. The minimum atomic E-state index is -1.04. The third-order valence-corrected chi connectivity index (χ3v) is 4.08. The number of fused-ring (bicyclic) bond motifs is 1. The molecule has 0 N–H and O–H groups in total. The van der Waals surface area contributed by atoms with E-state index < -0.39 is 9.04 Å². The van der Waals surface area contributed by atoms with Crippen LogP contribution in [0.25, 0.3) is 10.9 Å². The van der Waals surface area contributed by atoms with E-state index in [-0.39, 0.29) is 6.10 Å². The first-order valence-electron chi connectivity index (χ1n) is 7.22. The highest BCUT2D eigenvalue weighted by molar-refractivity contribution is 6.48. The topological polar surface area (TPSA) is 22.1 Å². The highest BCUT2D eigenvalue weighted by Gasteiger charge is 2.15. The molecule has 1 unspecified atom stereocenters. The van der Waals surface area contributed by atoms with Crippen LogP contribution < -0.4 is 0 Å². The molecule has 2 rings (SSSR count). The molecule has 3 heteroatoms. The largest absolute Gasteiger partial charge is 0.412 e. The molecule has 2 aromatic rings. The monoisotopic (exact) mass is 273 g/mol. The molecular weight excluding hydrogens is 250 g/mol. The average Bonchev–Trinajstić information content (AvgIpc) is 2.42. The van der Waals surface area contributed by atoms with Gasteiger partial charge >= 0.3 is 0 Å². The lowest BCUT2D eigenvalue weighted by Gasteiger charge is -2.20. The maximum Gasteiger partial charge on any atom is 0.171 e. The zero-order valence-electron chi connectivity index (χ0n) is 12.1. The second-order valence-electron chi connectivity index (χ2n) is 5.24. The van der Waals surface area contributed by atoms with Gasteiger partial charge in [-0.3, -0.25) is 4.98 Å². The maximum absolute atomic E-state index is 6.16. The van der Waals surface area contributed by atoms with Gasteiger partial charge in [0.1, 0.15) is 0 Å². The minimum Gasteiger partial charge on any atom is -0.412 e. The van der Waals surface area contributed by atoms with Gasteiger partial charge in [-0.2, -0.15) is 0 Å². The van der Waals surface area contributed by atoms with E-state index in [1.165, 1.54) is 18.2 Å². The van der Waals surface area contributed by atoms with Crippen LogP contribution in [0.2, 0.25) is 13.1 Å². The lowest BCUT2D eigenvalue weighted by atomic mass is 10.1. The van der Waals surface area contributed by atoms with Gasteiger partial charge in [-0.1, -0.05) is 44.0 Å². The molecule has 1 aromatic heterocycles. The fraction of sp³-hybridized carbons (Fsp3) is 0.438. The number of aromatic nitrogens is 1. The summed E-state index contributed by atoms with van der Waals surface area (Å²) in [5.74, 6) is 0. The number of benzene rings is 1. The van der Waals surface area contributed by atoms with E-state index in [0.717, 1.165) is 17.6 Å². The van der Waals surface area contributed by atoms with Crippen molar-refractivity contribution in [2.45, 2.75) is 45.4 Å². The molecule has 102 valence electrons. The molecule has 0 saturated heterocycles. The molecule has 1 atom stereocenters. The predicted molar refractivity (Wildman–Crippen MR) is 84.0 cm³/mol. The molecular formula is C16H23NOSi. The van der Waals surface area contributed by atoms with Crippen LogP contribution in [0.3, 0.4) is 0 Å². The molecule has 0 aliphatic heterocycles. The standard InChI is InChI=1S/C16H23NOSi/c1-4-5-10-16(18-19(2)3)15-12-11-13-8-6-7-9-14(13)17-15/h6-9,11-12,16,19H,4-5,10H2,1-3H3. The van der Waals surface area contributed by atoms with Crippen LogP contribution in [-0.2, 0) is 4.43 Å². The molecule has 0 aliphatic carbocycles. The van der Waals surface area contributed by atoms with Gasteiger partial charge in [0.05, 0.1) is 17.3 Å². The van der Waals surface area contributed by atoms with Crippen LogP contribution in [0, 0.1) is 0 Å². The van der Waals surface area contributed by atoms with Crippen molar-refractivity contribution in [2.75, 3.05) is 0 Å². The SMILES string of the molecule is CCCCC(O[SiH](C)C)c1ccc2ccccc2n1. The summed E-state index contributed by atoms with van der Waals surface area (Å²) in [5, 5.41) is 1.20. The third kappa shape index (κ3) is 3.88. The van der Waals surface area contributed by atoms with Crippen LogP contribution in [0.15, 0.2) is 36.4 Å². The Hall–Kier alpha value is -1.19. The fourth-order valence-electron chi connectivity index (χ4n) is 2.26. The van der Waals surface area contributed by atoms with Gasteiger partial charge in [-0.15, -0.1) is 0 Å². The highest BCUT2D eigenvalue weighted by atomic mass is 28.3. The fourth-order valence-corrected chi connectivity index (χ4v) is 3.20. The predicted octanol–water partition coefficient (Wildman–Crippen LogP) is 4.47. The molecule has 0 aliphatic rings. The van der Waals surface area contributed by atoms with Crippen LogP contribution in [0.1, 0.15) is 38.0 Å². The Morgan fingerprint density at radius 2 is 1.95 bits per heavy atom. The van der Waals surface area contributed by atoms with Gasteiger partial charge in [-0.05, 0) is 31.6 Å². The van der Waals surface area contributed by atoms with E-state index in [0.29, 0.717) is 0 Å². The first-order chi connectivity index (χ1) is 9.20. The summed E-state index contributed by atoms with van der Waals surface area (Å²) in [5.41, 5.74) is 2.16. The van der Waals surface area contributed by atoms with Gasteiger partial charge in [0.2, 0.25) is 0 Å². The molecule has 1 heterocycles. The molecule has 19 heavy (non-hydrogen) atoms. The lowest BCUT2D eigenvalue weighted by molar-refractivity contribution is 0.190. The third-order valence-electron chi connectivity index (χ3n) is 3.21. The summed E-state index contributed by atoms with van der Waals surface area (Å²) in [6.07, 6.45) is 3.65. The summed E-state index contributed by atoms with van der Waals surface area (Å²) in [6.45, 7) is 6.66. The van der Waals surface area contributed by atoms with Crippen molar-refractivity contribution in [3.05, 3.63) is 42.1 Å². The Morgan fingerprint density at radius 1 is 1.16 bits per heavy atom. The van der Waals surface area contributed by atoms with Crippen molar-refractivity contribution in [3.8, 4) is 0 Å². The van der Waals surface area contributed by atoms with Crippen molar-refractivity contribution in [1.82, 2.24) is 4.98 Å². The number of hydrogen-bond acceptors (Lipinski definition) is 2. The van der Waals surface area contributed by atoms with Gasteiger partial charge < -0.3 is 4.43 Å².